The highest BCUT2D eigenvalue weighted by atomic mass is 35.6. The standard InChI is InChI=1S/C10H13Cl3N2S/c1-7(16(3)14-2)8-4-5-9(15-6-8)10(11,12)13/h4-7H,1-3H3. The highest BCUT2D eigenvalue weighted by Gasteiger charge is 2.24. The quantitative estimate of drug-likeness (QED) is 0.757. The molecular weight excluding hydrogens is 287 g/mol. The predicted octanol–water partition coefficient (Wildman–Crippen LogP) is 4.03. The van der Waals surface area contributed by atoms with Gasteiger partial charge in [0.25, 0.3) is 0 Å². The smallest absolute Gasteiger partial charge is 0.232 e. The first-order valence-electron chi connectivity index (χ1n) is 4.64. The summed E-state index contributed by atoms with van der Waals surface area (Å²) in [6.07, 6.45) is 3.84. The lowest BCUT2D eigenvalue weighted by Crippen LogP contribution is -2.06. The second kappa shape index (κ2) is 5.67. The second-order valence-corrected chi connectivity index (χ2v) is 7.72. The van der Waals surface area contributed by atoms with E-state index in [0.717, 1.165) is 5.56 Å². The molecule has 2 atom stereocenters. The van der Waals surface area contributed by atoms with Gasteiger partial charge in [-0.3, -0.25) is 9.35 Å². The van der Waals surface area contributed by atoms with E-state index >= 15 is 0 Å². The van der Waals surface area contributed by atoms with Gasteiger partial charge in [-0.05, 0) is 24.8 Å². The van der Waals surface area contributed by atoms with Gasteiger partial charge >= 0.3 is 0 Å². The van der Waals surface area contributed by atoms with Gasteiger partial charge in [-0.25, -0.2) is 0 Å². The Morgan fingerprint density at radius 1 is 1.38 bits per heavy atom. The molecule has 0 spiro atoms. The number of nitrogens with zero attached hydrogens (tertiary/aromatic N) is 2. The number of hydrogen-bond acceptors (Lipinski definition) is 2. The summed E-state index contributed by atoms with van der Waals surface area (Å²) in [7, 11) is 1.81. The van der Waals surface area contributed by atoms with Gasteiger partial charge < -0.3 is 0 Å². The molecule has 1 aromatic heterocycles. The van der Waals surface area contributed by atoms with Crippen LogP contribution < -0.4 is 0 Å². The summed E-state index contributed by atoms with van der Waals surface area (Å²) in [5, 5.41) is 0.335. The molecule has 0 N–H and O–H groups in total. The number of pyridine rings is 1. The molecule has 90 valence electrons. The Balaban J connectivity index is 2.96. The van der Waals surface area contributed by atoms with Crippen molar-refractivity contribution in [2.75, 3.05) is 13.3 Å². The highest BCUT2D eigenvalue weighted by Crippen LogP contribution is 2.37. The van der Waals surface area contributed by atoms with Crippen LogP contribution in [0.4, 0.5) is 0 Å². The number of aromatic nitrogens is 1. The maximum atomic E-state index is 5.73. The lowest BCUT2D eigenvalue weighted by molar-refractivity contribution is 1.01. The molecule has 0 bridgehead atoms. The number of hydrogen-bond donors (Lipinski definition) is 0. The van der Waals surface area contributed by atoms with Gasteiger partial charge in [-0.2, -0.15) is 0 Å². The molecule has 2 unspecified atom stereocenters. The Bertz CT molecular complexity index is 384. The lowest BCUT2D eigenvalue weighted by atomic mass is 10.2. The van der Waals surface area contributed by atoms with Crippen molar-refractivity contribution in [2.45, 2.75) is 16.0 Å². The van der Waals surface area contributed by atoms with Gasteiger partial charge in [0.2, 0.25) is 3.79 Å². The van der Waals surface area contributed by atoms with E-state index in [1.165, 1.54) is 0 Å². The zero-order valence-corrected chi connectivity index (χ0v) is 12.3. The van der Waals surface area contributed by atoms with E-state index in [9.17, 15) is 0 Å². The molecular formula is C10H13Cl3N2S. The van der Waals surface area contributed by atoms with Crippen molar-refractivity contribution in [2.24, 2.45) is 4.36 Å². The van der Waals surface area contributed by atoms with Crippen LogP contribution in [-0.4, -0.2) is 18.3 Å². The van der Waals surface area contributed by atoms with Crippen molar-refractivity contribution >= 4 is 45.5 Å². The van der Waals surface area contributed by atoms with E-state index < -0.39 is 3.79 Å². The average molecular weight is 300 g/mol. The maximum absolute atomic E-state index is 5.73. The van der Waals surface area contributed by atoms with Gasteiger partial charge in [0.15, 0.2) is 0 Å². The van der Waals surface area contributed by atoms with Crippen LogP contribution in [0.2, 0.25) is 0 Å². The fourth-order valence-electron chi connectivity index (χ4n) is 1.17. The summed E-state index contributed by atoms with van der Waals surface area (Å²) in [6, 6.07) is 3.68. The second-order valence-electron chi connectivity index (χ2n) is 3.32. The van der Waals surface area contributed by atoms with Crippen molar-refractivity contribution in [3.05, 3.63) is 29.6 Å². The minimum Gasteiger partial charge on any atom is -0.268 e. The van der Waals surface area contributed by atoms with Crippen molar-refractivity contribution < 1.29 is 0 Å². The number of rotatable bonds is 2. The van der Waals surface area contributed by atoms with E-state index in [1.807, 2.05) is 13.1 Å². The van der Waals surface area contributed by atoms with E-state index in [4.69, 9.17) is 34.8 Å². The van der Waals surface area contributed by atoms with Crippen LogP contribution >= 0.6 is 34.8 Å². The molecule has 0 amide bonds. The van der Waals surface area contributed by atoms with Crippen LogP contribution in [0.5, 0.6) is 0 Å². The normalized spacial score (nSPS) is 16.1. The summed E-state index contributed by atoms with van der Waals surface area (Å²) >= 11 is 17.2. The molecule has 1 aromatic rings. The molecule has 1 heterocycles. The van der Waals surface area contributed by atoms with Crippen LogP contribution in [0.25, 0.3) is 0 Å². The minimum atomic E-state index is -1.45. The third-order valence-corrected chi connectivity index (χ3v) is 4.80. The van der Waals surface area contributed by atoms with Crippen molar-refractivity contribution in [1.82, 2.24) is 4.98 Å². The summed E-state index contributed by atoms with van der Waals surface area (Å²) < 4.78 is 2.80. The van der Waals surface area contributed by atoms with Crippen LogP contribution in [0.15, 0.2) is 22.7 Å². The third kappa shape index (κ3) is 3.59. The van der Waals surface area contributed by atoms with Crippen LogP contribution in [0.1, 0.15) is 23.4 Å². The molecule has 2 nitrogen and oxygen atoms in total. The fraction of sp³-hybridized carbons (Fsp3) is 0.500. The topological polar surface area (TPSA) is 25.2 Å². The molecule has 0 radical (unpaired) electrons. The largest absolute Gasteiger partial charge is 0.268 e. The SMILES string of the molecule is CN=S(C)C(C)c1ccc(C(Cl)(Cl)Cl)nc1. The molecule has 0 aliphatic carbocycles. The van der Waals surface area contributed by atoms with Gasteiger partial charge in [0, 0.05) is 18.5 Å². The Labute approximate surface area is 113 Å². The first-order valence-corrected chi connectivity index (χ1v) is 7.42. The molecule has 0 aliphatic rings. The van der Waals surface area contributed by atoms with Gasteiger partial charge in [-0.15, -0.1) is 0 Å². The first-order chi connectivity index (χ1) is 7.36. The first kappa shape index (κ1) is 14.2. The lowest BCUT2D eigenvalue weighted by Gasteiger charge is -2.14. The zero-order chi connectivity index (χ0) is 12.3. The molecule has 16 heavy (non-hydrogen) atoms. The Hall–Kier alpha value is 0.170. The maximum Gasteiger partial charge on any atom is 0.232 e. The Morgan fingerprint density at radius 3 is 2.38 bits per heavy atom. The minimum absolute atomic E-state index is 0.0144. The zero-order valence-electron chi connectivity index (χ0n) is 9.25. The molecule has 0 saturated carbocycles. The third-order valence-electron chi connectivity index (χ3n) is 2.35. The van der Waals surface area contributed by atoms with Crippen molar-refractivity contribution in [1.29, 1.82) is 0 Å². The van der Waals surface area contributed by atoms with E-state index in [2.05, 4.69) is 22.5 Å². The summed E-state index contributed by atoms with van der Waals surface area (Å²) in [4.78, 5) is 4.15. The Kier molecular flexibility index (Phi) is 5.05. The molecule has 1 rings (SSSR count). The van der Waals surface area contributed by atoms with Crippen LogP contribution in [0.3, 0.4) is 0 Å². The van der Waals surface area contributed by atoms with Gasteiger partial charge in [-0.1, -0.05) is 51.6 Å². The van der Waals surface area contributed by atoms with Gasteiger partial charge in [0.05, 0.1) is 5.69 Å². The molecule has 0 aliphatic heterocycles. The summed E-state index contributed by atoms with van der Waals surface area (Å²) in [5.41, 5.74) is 1.55. The molecule has 6 heteroatoms. The van der Waals surface area contributed by atoms with E-state index in [-0.39, 0.29) is 10.7 Å². The molecule has 0 aromatic carbocycles. The molecule has 0 fully saturated rings. The number of halogens is 3. The molecule has 0 saturated heterocycles. The summed E-state index contributed by atoms with van der Waals surface area (Å²) in [5.74, 6) is 0. The monoisotopic (exact) mass is 298 g/mol. The van der Waals surface area contributed by atoms with Crippen molar-refractivity contribution in [3.63, 3.8) is 0 Å². The van der Waals surface area contributed by atoms with Gasteiger partial charge in [0.1, 0.15) is 0 Å². The van der Waals surface area contributed by atoms with Crippen molar-refractivity contribution in [3.8, 4) is 0 Å². The number of alkyl halides is 3. The fourth-order valence-corrected chi connectivity index (χ4v) is 2.35. The highest BCUT2D eigenvalue weighted by molar-refractivity contribution is 7.86. The predicted molar refractivity (Wildman–Crippen MR) is 73.5 cm³/mol. The van der Waals surface area contributed by atoms with Crippen LogP contribution in [-0.2, 0) is 14.5 Å². The Morgan fingerprint density at radius 2 is 2.00 bits per heavy atom. The van der Waals surface area contributed by atoms with Crippen LogP contribution in [0, 0.1) is 0 Å². The van der Waals surface area contributed by atoms with E-state index in [0.29, 0.717) is 10.9 Å². The summed E-state index contributed by atoms with van der Waals surface area (Å²) in [6.45, 7) is 2.11. The average Bonchev–Trinajstić information content (AvgIpc) is 2.26. The van der Waals surface area contributed by atoms with E-state index in [1.54, 1.807) is 12.3 Å².